The van der Waals surface area contributed by atoms with Crippen molar-refractivity contribution in [3.8, 4) is 0 Å². The molecule has 5 rings (SSSR count). The molecule has 140 valence electrons. The van der Waals surface area contributed by atoms with E-state index in [-0.39, 0.29) is 0 Å². The van der Waals surface area contributed by atoms with E-state index in [1.165, 1.54) is 60.9 Å². The zero-order valence-corrected chi connectivity index (χ0v) is 15.8. The highest BCUT2D eigenvalue weighted by molar-refractivity contribution is 5.83. The normalized spacial score (nSPS) is 25.4. The second-order valence-electron chi connectivity index (χ2n) is 8.47. The van der Waals surface area contributed by atoms with E-state index in [9.17, 15) is 5.11 Å². The summed E-state index contributed by atoms with van der Waals surface area (Å²) in [5, 5.41) is 12.2. The van der Waals surface area contributed by atoms with Crippen molar-refractivity contribution in [2.24, 2.45) is 0 Å². The standard InChI is InChI=1S/C21H30N4O/c1-15-10-17-18-13-24-9-5-6-16(24)11-19(18)25(21(17)22-12-15)14-20(26)23-7-3-2-4-8-23/h10,12,16,20,26H,2-9,11,13-14H2,1H3. The Morgan fingerprint density at radius 3 is 2.88 bits per heavy atom. The molecule has 0 aromatic carbocycles. The lowest BCUT2D eigenvalue weighted by atomic mass is 9.99. The molecule has 0 aliphatic carbocycles. The summed E-state index contributed by atoms with van der Waals surface area (Å²) in [7, 11) is 0. The van der Waals surface area contributed by atoms with Crippen LogP contribution in [-0.4, -0.2) is 56.4 Å². The molecule has 2 aromatic heterocycles. The number of aliphatic hydroxyl groups excluding tert-OH is 1. The van der Waals surface area contributed by atoms with Gasteiger partial charge in [0.2, 0.25) is 0 Å². The predicted octanol–water partition coefficient (Wildman–Crippen LogP) is 2.67. The van der Waals surface area contributed by atoms with Crippen LogP contribution >= 0.6 is 0 Å². The molecule has 2 saturated heterocycles. The van der Waals surface area contributed by atoms with Gasteiger partial charge in [-0.15, -0.1) is 0 Å². The first kappa shape index (κ1) is 16.7. The van der Waals surface area contributed by atoms with E-state index >= 15 is 0 Å². The average Bonchev–Trinajstić information content (AvgIpc) is 3.23. The van der Waals surface area contributed by atoms with Crippen molar-refractivity contribution in [2.75, 3.05) is 19.6 Å². The maximum absolute atomic E-state index is 10.9. The summed E-state index contributed by atoms with van der Waals surface area (Å²) in [4.78, 5) is 9.69. The van der Waals surface area contributed by atoms with Gasteiger partial charge in [-0.3, -0.25) is 9.80 Å². The van der Waals surface area contributed by atoms with Crippen molar-refractivity contribution in [2.45, 2.75) is 70.8 Å². The number of aliphatic hydroxyl groups is 1. The topological polar surface area (TPSA) is 44.5 Å². The summed E-state index contributed by atoms with van der Waals surface area (Å²) in [6, 6.07) is 2.97. The highest BCUT2D eigenvalue weighted by Gasteiger charge is 2.34. The molecule has 2 fully saturated rings. The summed E-state index contributed by atoms with van der Waals surface area (Å²) in [5.74, 6) is 0. The van der Waals surface area contributed by atoms with Crippen LogP contribution in [0.15, 0.2) is 12.3 Å². The van der Waals surface area contributed by atoms with E-state index in [4.69, 9.17) is 4.98 Å². The van der Waals surface area contributed by atoms with Gasteiger partial charge in [0.25, 0.3) is 0 Å². The van der Waals surface area contributed by atoms with Crippen molar-refractivity contribution in [1.29, 1.82) is 0 Å². The third-order valence-electron chi connectivity index (χ3n) is 6.71. The number of rotatable bonds is 3. The third-order valence-corrected chi connectivity index (χ3v) is 6.71. The van der Waals surface area contributed by atoms with Gasteiger partial charge in [0.1, 0.15) is 11.9 Å². The zero-order valence-electron chi connectivity index (χ0n) is 15.8. The largest absolute Gasteiger partial charge is 0.376 e. The minimum Gasteiger partial charge on any atom is -0.376 e. The lowest BCUT2D eigenvalue weighted by Crippen LogP contribution is -2.42. The molecular formula is C21H30N4O. The summed E-state index contributed by atoms with van der Waals surface area (Å²) in [5.41, 5.74) is 5.17. The van der Waals surface area contributed by atoms with Crippen molar-refractivity contribution >= 4 is 11.0 Å². The number of fused-ring (bicyclic) bond motifs is 4. The quantitative estimate of drug-likeness (QED) is 0.920. The van der Waals surface area contributed by atoms with Gasteiger partial charge in [0.15, 0.2) is 0 Å². The van der Waals surface area contributed by atoms with Crippen LogP contribution in [-0.2, 0) is 19.5 Å². The van der Waals surface area contributed by atoms with Crippen LogP contribution in [0.2, 0.25) is 0 Å². The summed E-state index contributed by atoms with van der Waals surface area (Å²) >= 11 is 0. The molecule has 1 N–H and O–H groups in total. The number of piperidine rings is 1. The molecule has 2 atom stereocenters. The van der Waals surface area contributed by atoms with E-state index in [0.717, 1.165) is 31.7 Å². The Morgan fingerprint density at radius 1 is 1.19 bits per heavy atom. The molecule has 2 aromatic rings. The van der Waals surface area contributed by atoms with Crippen LogP contribution in [0.4, 0.5) is 0 Å². The number of pyridine rings is 1. The fourth-order valence-electron chi connectivity index (χ4n) is 5.31. The Balaban J connectivity index is 1.54. The van der Waals surface area contributed by atoms with Crippen LogP contribution in [0.1, 0.15) is 48.9 Å². The van der Waals surface area contributed by atoms with E-state index < -0.39 is 6.23 Å². The van der Waals surface area contributed by atoms with Gasteiger partial charge < -0.3 is 9.67 Å². The molecular weight excluding hydrogens is 324 g/mol. The second kappa shape index (κ2) is 6.63. The lowest BCUT2D eigenvalue weighted by Gasteiger charge is -2.33. The van der Waals surface area contributed by atoms with Crippen molar-refractivity contribution in [1.82, 2.24) is 19.4 Å². The summed E-state index contributed by atoms with van der Waals surface area (Å²) in [6.07, 6.45) is 9.01. The van der Waals surface area contributed by atoms with Gasteiger partial charge in [-0.2, -0.15) is 0 Å². The third kappa shape index (κ3) is 2.77. The SMILES string of the molecule is Cc1cnc2c(c1)c1c(n2CC(O)N2CCCCC2)CC2CCCN2C1. The van der Waals surface area contributed by atoms with Crippen LogP contribution in [0.3, 0.4) is 0 Å². The highest BCUT2D eigenvalue weighted by atomic mass is 16.3. The van der Waals surface area contributed by atoms with Gasteiger partial charge in [-0.1, -0.05) is 6.42 Å². The molecule has 5 heteroatoms. The van der Waals surface area contributed by atoms with Gasteiger partial charge in [0, 0.05) is 49.4 Å². The molecule has 0 saturated carbocycles. The molecule has 5 nitrogen and oxygen atoms in total. The fraction of sp³-hybridized carbons (Fsp3) is 0.667. The Morgan fingerprint density at radius 2 is 2.04 bits per heavy atom. The van der Waals surface area contributed by atoms with E-state index in [1.807, 2.05) is 6.20 Å². The Labute approximate surface area is 155 Å². The number of hydrogen-bond donors (Lipinski definition) is 1. The summed E-state index contributed by atoms with van der Waals surface area (Å²) in [6.45, 7) is 7.09. The maximum atomic E-state index is 10.9. The van der Waals surface area contributed by atoms with Gasteiger partial charge in [-0.25, -0.2) is 4.98 Å². The molecule has 0 radical (unpaired) electrons. The van der Waals surface area contributed by atoms with Crippen LogP contribution in [0, 0.1) is 6.92 Å². The minimum atomic E-state index is -0.403. The first-order chi connectivity index (χ1) is 12.7. The first-order valence-electron chi connectivity index (χ1n) is 10.3. The molecule has 3 aliphatic heterocycles. The number of nitrogens with zero attached hydrogens (tertiary/aromatic N) is 4. The predicted molar refractivity (Wildman–Crippen MR) is 103 cm³/mol. The lowest BCUT2D eigenvalue weighted by molar-refractivity contribution is -0.0191. The molecule has 0 amide bonds. The maximum Gasteiger partial charge on any atom is 0.140 e. The van der Waals surface area contributed by atoms with Crippen molar-refractivity contribution < 1.29 is 5.11 Å². The molecule has 3 aliphatic rings. The van der Waals surface area contributed by atoms with Gasteiger partial charge in [-0.05, 0) is 56.3 Å². The number of hydrogen-bond acceptors (Lipinski definition) is 4. The number of aryl methyl sites for hydroxylation is 1. The van der Waals surface area contributed by atoms with Gasteiger partial charge >= 0.3 is 0 Å². The first-order valence-corrected chi connectivity index (χ1v) is 10.3. The van der Waals surface area contributed by atoms with E-state index in [2.05, 4.69) is 27.4 Å². The second-order valence-corrected chi connectivity index (χ2v) is 8.47. The minimum absolute atomic E-state index is 0.403. The number of aromatic nitrogens is 2. The molecule has 5 heterocycles. The molecule has 0 bridgehead atoms. The van der Waals surface area contributed by atoms with Crippen molar-refractivity contribution in [3.63, 3.8) is 0 Å². The molecule has 2 unspecified atom stereocenters. The van der Waals surface area contributed by atoms with Gasteiger partial charge in [0.05, 0.1) is 6.54 Å². The smallest absolute Gasteiger partial charge is 0.140 e. The Bertz CT molecular complexity index is 808. The Hall–Kier alpha value is -1.43. The summed E-state index contributed by atoms with van der Waals surface area (Å²) < 4.78 is 2.35. The van der Waals surface area contributed by atoms with E-state index in [1.54, 1.807) is 0 Å². The zero-order chi connectivity index (χ0) is 17.7. The molecule has 26 heavy (non-hydrogen) atoms. The fourth-order valence-corrected chi connectivity index (χ4v) is 5.31. The van der Waals surface area contributed by atoms with E-state index in [0.29, 0.717) is 12.6 Å². The van der Waals surface area contributed by atoms with Crippen LogP contribution in [0.25, 0.3) is 11.0 Å². The van der Waals surface area contributed by atoms with Crippen LogP contribution < -0.4 is 0 Å². The number of likely N-dealkylation sites (tertiary alicyclic amines) is 1. The van der Waals surface area contributed by atoms with Crippen LogP contribution in [0.5, 0.6) is 0 Å². The monoisotopic (exact) mass is 354 g/mol. The highest BCUT2D eigenvalue weighted by Crippen LogP contribution is 2.36. The average molecular weight is 354 g/mol. The van der Waals surface area contributed by atoms with Crippen molar-refractivity contribution in [3.05, 3.63) is 29.1 Å². The molecule has 0 spiro atoms. The Kier molecular flexibility index (Phi) is 4.26.